The molecule has 1 heterocycles. The van der Waals surface area contributed by atoms with Crippen molar-refractivity contribution >= 4 is 16.0 Å². The number of rotatable bonds is 11. The summed E-state index contributed by atoms with van der Waals surface area (Å²) >= 11 is 0. The number of benzene rings is 2. The van der Waals surface area contributed by atoms with E-state index in [0.29, 0.717) is 13.0 Å². The van der Waals surface area contributed by atoms with Gasteiger partial charge in [-0.15, -0.1) is 0 Å². The van der Waals surface area contributed by atoms with Gasteiger partial charge in [0.15, 0.2) is 0 Å². The summed E-state index contributed by atoms with van der Waals surface area (Å²) in [5.41, 5.74) is 1.25. The number of carbonyl (C=O) groups is 1. The maximum absolute atomic E-state index is 13.6. The molecule has 7 heteroatoms. The van der Waals surface area contributed by atoms with Crippen LogP contribution in [0.5, 0.6) is 0 Å². The molecule has 4 rings (SSSR count). The molecule has 2 aromatic rings. The molecule has 1 saturated heterocycles. The van der Waals surface area contributed by atoms with E-state index in [1.54, 1.807) is 31.3 Å². The smallest absolute Gasteiger partial charge is 0.306 e. The topological polar surface area (TPSA) is 66.9 Å². The zero-order valence-electron chi connectivity index (χ0n) is 25.1. The third-order valence-corrected chi connectivity index (χ3v) is 10.6. The van der Waals surface area contributed by atoms with E-state index in [4.69, 9.17) is 4.74 Å². The summed E-state index contributed by atoms with van der Waals surface area (Å²) in [4.78, 5) is 15.0. The number of carbonyl (C=O) groups excluding carboxylic acids is 1. The Kier molecular flexibility index (Phi) is 9.79. The first kappa shape index (κ1) is 30.7. The first-order chi connectivity index (χ1) is 18.9. The predicted octanol–water partition coefficient (Wildman–Crippen LogP) is 6.05. The Balaban J connectivity index is 1.41. The molecular formula is C33H48N2O4S. The molecule has 0 bridgehead atoms. The van der Waals surface area contributed by atoms with E-state index >= 15 is 0 Å². The van der Waals surface area contributed by atoms with Gasteiger partial charge in [0.1, 0.15) is 5.60 Å². The van der Waals surface area contributed by atoms with Crippen molar-refractivity contribution in [2.45, 2.75) is 88.6 Å². The highest BCUT2D eigenvalue weighted by molar-refractivity contribution is 7.89. The molecule has 3 atom stereocenters. The molecule has 2 aliphatic rings. The fraction of sp³-hybridized carbons (Fsp3) is 0.606. The SMILES string of the molecule is CN(CC(C)(CCN1CCC2CCCC2C1)c1ccccc1)S(=O)(=O)c1ccc(CCC(=O)OC(C)(C)C)cc1. The lowest BCUT2D eigenvalue weighted by molar-refractivity contribution is -0.154. The van der Waals surface area contributed by atoms with Gasteiger partial charge in [-0.3, -0.25) is 4.79 Å². The van der Waals surface area contributed by atoms with E-state index in [1.165, 1.54) is 42.1 Å². The maximum atomic E-state index is 13.6. The van der Waals surface area contributed by atoms with Crippen molar-refractivity contribution in [3.05, 3.63) is 65.7 Å². The van der Waals surface area contributed by atoms with Gasteiger partial charge in [-0.1, -0.05) is 62.2 Å². The van der Waals surface area contributed by atoms with Crippen molar-refractivity contribution in [2.75, 3.05) is 33.2 Å². The molecular weight excluding hydrogens is 520 g/mol. The summed E-state index contributed by atoms with van der Waals surface area (Å²) in [6.45, 7) is 11.5. The summed E-state index contributed by atoms with van der Waals surface area (Å²) in [6.07, 6.45) is 7.10. The quantitative estimate of drug-likeness (QED) is 0.309. The van der Waals surface area contributed by atoms with Crippen LogP contribution in [0.3, 0.4) is 0 Å². The van der Waals surface area contributed by atoms with Crippen LogP contribution in [-0.2, 0) is 31.4 Å². The minimum Gasteiger partial charge on any atom is -0.460 e. The summed E-state index contributed by atoms with van der Waals surface area (Å²) in [5, 5.41) is 0. The minimum absolute atomic E-state index is 0.253. The zero-order chi connectivity index (χ0) is 29.0. The Bertz CT molecular complexity index is 1220. The van der Waals surface area contributed by atoms with Crippen molar-refractivity contribution in [3.8, 4) is 0 Å². The van der Waals surface area contributed by atoms with Gasteiger partial charge < -0.3 is 9.64 Å². The first-order valence-corrected chi connectivity index (χ1v) is 16.3. The number of fused-ring (bicyclic) bond motifs is 1. The van der Waals surface area contributed by atoms with Gasteiger partial charge in [0.25, 0.3) is 0 Å². The monoisotopic (exact) mass is 568 g/mol. The molecule has 0 N–H and O–H groups in total. The fourth-order valence-corrected chi connectivity index (χ4v) is 7.79. The highest BCUT2D eigenvalue weighted by atomic mass is 32.2. The van der Waals surface area contributed by atoms with Gasteiger partial charge in [0, 0.05) is 32.0 Å². The molecule has 1 aliphatic heterocycles. The second kappa shape index (κ2) is 12.7. The number of esters is 1. The average Bonchev–Trinajstić information content (AvgIpc) is 3.38. The molecule has 3 unspecified atom stereocenters. The van der Waals surface area contributed by atoms with Crippen LogP contribution in [-0.4, -0.2) is 62.4 Å². The summed E-state index contributed by atoms with van der Waals surface area (Å²) in [7, 11) is -1.99. The molecule has 40 heavy (non-hydrogen) atoms. The van der Waals surface area contributed by atoms with Crippen LogP contribution in [0, 0.1) is 11.8 Å². The van der Waals surface area contributed by atoms with E-state index in [1.807, 2.05) is 39.0 Å². The molecule has 0 amide bonds. The van der Waals surface area contributed by atoms with Gasteiger partial charge in [0.2, 0.25) is 10.0 Å². The van der Waals surface area contributed by atoms with E-state index in [-0.39, 0.29) is 22.7 Å². The summed E-state index contributed by atoms with van der Waals surface area (Å²) < 4.78 is 34.2. The molecule has 0 aromatic heterocycles. The van der Waals surface area contributed by atoms with Gasteiger partial charge in [-0.25, -0.2) is 12.7 Å². The maximum Gasteiger partial charge on any atom is 0.306 e. The van der Waals surface area contributed by atoms with E-state index in [0.717, 1.165) is 36.9 Å². The lowest BCUT2D eigenvalue weighted by Gasteiger charge is -2.39. The molecule has 1 aliphatic carbocycles. The van der Waals surface area contributed by atoms with Crippen LogP contribution < -0.4 is 0 Å². The van der Waals surface area contributed by atoms with E-state index < -0.39 is 15.6 Å². The van der Waals surface area contributed by atoms with Gasteiger partial charge in [-0.05, 0) is 94.6 Å². The lowest BCUT2D eigenvalue weighted by Crippen LogP contribution is -2.44. The third kappa shape index (κ3) is 7.95. The Morgan fingerprint density at radius 2 is 1.65 bits per heavy atom. The van der Waals surface area contributed by atoms with Crippen LogP contribution in [0.25, 0.3) is 0 Å². The van der Waals surface area contributed by atoms with Gasteiger partial charge >= 0.3 is 5.97 Å². The molecule has 220 valence electrons. The normalized spacial score (nSPS) is 21.6. The van der Waals surface area contributed by atoms with Crippen molar-refractivity contribution in [3.63, 3.8) is 0 Å². The number of piperidine rings is 1. The van der Waals surface area contributed by atoms with Crippen LogP contribution in [0.1, 0.15) is 77.3 Å². The average molecular weight is 569 g/mol. The molecule has 2 aromatic carbocycles. The molecule has 0 radical (unpaired) electrons. The number of nitrogens with zero attached hydrogens (tertiary/aromatic N) is 2. The number of hydrogen-bond donors (Lipinski definition) is 0. The number of hydrogen-bond acceptors (Lipinski definition) is 5. The Hall–Kier alpha value is -2.22. The first-order valence-electron chi connectivity index (χ1n) is 14.9. The Morgan fingerprint density at radius 3 is 2.33 bits per heavy atom. The number of likely N-dealkylation sites (tertiary alicyclic amines) is 1. The Morgan fingerprint density at radius 1 is 0.975 bits per heavy atom. The second-order valence-corrected chi connectivity index (χ2v) is 15.3. The van der Waals surface area contributed by atoms with Crippen molar-refractivity contribution < 1.29 is 17.9 Å². The van der Waals surface area contributed by atoms with Gasteiger partial charge in [0.05, 0.1) is 4.90 Å². The minimum atomic E-state index is -3.68. The molecule has 6 nitrogen and oxygen atoms in total. The van der Waals surface area contributed by atoms with Gasteiger partial charge in [-0.2, -0.15) is 0 Å². The van der Waals surface area contributed by atoms with Crippen LogP contribution in [0.2, 0.25) is 0 Å². The zero-order valence-corrected chi connectivity index (χ0v) is 25.9. The molecule has 2 fully saturated rings. The predicted molar refractivity (Wildman–Crippen MR) is 161 cm³/mol. The van der Waals surface area contributed by atoms with Crippen LogP contribution >= 0.6 is 0 Å². The summed E-state index contributed by atoms with van der Waals surface area (Å²) in [6, 6.07) is 17.3. The van der Waals surface area contributed by atoms with Crippen molar-refractivity contribution in [1.82, 2.24) is 9.21 Å². The number of ether oxygens (including phenoxy) is 1. The van der Waals surface area contributed by atoms with E-state index in [9.17, 15) is 13.2 Å². The Labute approximate surface area is 242 Å². The van der Waals surface area contributed by atoms with Crippen molar-refractivity contribution in [2.24, 2.45) is 11.8 Å². The fourth-order valence-electron chi connectivity index (χ4n) is 6.49. The third-order valence-electron chi connectivity index (χ3n) is 8.82. The summed E-state index contributed by atoms with van der Waals surface area (Å²) in [5.74, 6) is 1.50. The highest BCUT2D eigenvalue weighted by Crippen LogP contribution is 2.38. The number of sulfonamides is 1. The number of aryl methyl sites for hydroxylation is 1. The molecule has 1 saturated carbocycles. The lowest BCUT2D eigenvalue weighted by atomic mass is 9.78. The second-order valence-electron chi connectivity index (χ2n) is 13.2. The van der Waals surface area contributed by atoms with E-state index in [2.05, 4.69) is 24.0 Å². The molecule has 0 spiro atoms. The standard InChI is InChI=1S/C33H48N2O4S/c1-32(2,3)39-31(36)19-16-26-14-17-30(18-15-26)40(37,38)34(5)25-33(4,29-12-7-6-8-13-29)21-23-35-22-20-27-10-9-11-28(27)24-35/h6-8,12-15,17-18,27-28H,9-11,16,19-25H2,1-5H3. The van der Waals surface area contributed by atoms with Crippen molar-refractivity contribution in [1.29, 1.82) is 0 Å². The largest absolute Gasteiger partial charge is 0.460 e. The van der Waals surface area contributed by atoms with Crippen LogP contribution in [0.4, 0.5) is 0 Å². The number of likely N-dealkylation sites (N-methyl/N-ethyl adjacent to an activating group) is 1. The van der Waals surface area contributed by atoms with Crippen LogP contribution in [0.15, 0.2) is 59.5 Å². The highest BCUT2D eigenvalue weighted by Gasteiger charge is 2.36.